The predicted octanol–water partition coefficient (Wildman–Crippen LogP) is -5.03. The van der Waals surface area contributed by atoms with Crippen LogP contribution in [0.5, 0.6) is 0 Å². The van der Waals surface area contributed by atoms with Crippen molar-refractivity contribution in [1.29, 1.82) is 0 Å². The quantitative estimate of drug-likeness (QED) is 0.362. The summed E-state index contributed by atoms with van der Waals surface area (Å²) in [4.78, 5) is 44.6. The van der Waals surface area contributed by atoms with Crippen LogP contribution in [-0.2, 0) is 13.8 Å². The van der Waals surface area contributed by atoms with E-state index in [0.717, 1.165) is 4.57 Å². The third-order valence-electron chi connectivity index (χ3n) is 3.09. The maximum absolute atomic E-state index is 11.7. The Kier molecular flexibility index (Phi) is 6.75. The number of aryl methyl sites for hydroxylation is 1. The molecule has 2 heterocycles. The van der Waals surface area contributed by atoms with Crippen molar-refractivity contribution < 1.29 is 58.3 Å². The van der Waals surface area contributed by atoms with E-state index in [2.05, 4.69) is 9.51 Å². The molecule has 0 saturated carbocycles. The van der Waals surface area contributed by atoms with Gasteiger partial charge in [-0.15, -0.1) is 0 Å². The minimum absolute atomic E-state index is 0. The fraction of sp³-hybridized carbons (Fsp3) is 0.600. The molecule has 1 aliphatic heterocycles. The first-order valence-electron chi connectivity index (χ1n) is 6.02. The zero-order valence-corrected chi connectivity index (χ0v) is 14.9. The number of aromatic amines is 1. The van der Waals surface area contributed by atoms with E-state index in [-0.39, 0.29) is 41.5 Å². The summed E-state index contributed by atoms with van der Waals surface area (Å²) in [6, 6.07) is 0. The van der Waals surface area contributed by atoms with Crippen LogP contribution in [0.25, 0.3) is 0 Å². The van der Waals surface area contributed by atoms with Crippen molar-refractivity contribution in [3.8, 4) is 0 Å². The molecule has 1 aliphatic rings. The van der Waals surface area contributed by atoms with E-state index < -0.39 is 44.1 Å². The van der Waals surface area contributed by atoms with Crippen LogP contribution in [0, 0.1) is 6.92 Å². The van der Waals surface area contributed by atoms with E-state index >= 15 is 0 Å². The molecular formula is C10H14N2NaO8P. The third kappa shape index (κ3) is 4.60. The van der Waals surface area contributed by atoms with Gasteiger partial charge in [-0.2, -0.15) is 0 Å². The number of H-pyrrole nitrogens is 1. The van der Waals surface area contributed by atoms with Crippen molar-refractivity contribution in [2.75, 3.05) is 6.61 Å². The Labute approximate surface area is 146 Å². The van der Waals surface area contributed by atoms with Gasteiger partial charge in [0.25, 0.3) is 13.4 Å². The number of nitrogens with one attached hydrogen (secondary N) is 1. The molecule has 2 rings (SSSR count). The summed E-state index contributed by atoms with van der Waals surface area (Å²) < 4.78 is 21.6. The molecule has 4 unspecified atom stereocenters. The number of rotatable bonds is 4. The number of aliphatic hydroxyl groups excluding tert-OH is 1. The maximum Gasteiger partial charge on any atom is 1.00 e. The second-order valence-corrected chi connectivity index (χ2v) is 5.79. The van der Waals surface area contributed by atoms with Crippen molar-refractivity contribution in [3.63, 3.8) is 0 Å². The molecule has 1 aromatic rings. The second kappa shape index (κ2) is 7.52. The molecule has 0 bridgehead atoms. The fourth-order valence-corrected chi connectivity index (χ4v) is 2.68. The third-order valence-corrected chi connectivity index (χ3v) is 3.62. The maximum atomic E-state index is 11.7. The van der Waals surface area contributed by atoms with Gasteiger partial charge in [-0.1, -0.05) is 0 Å². The molecule has 4 atom stereocenters. The molecule has 22 heavy (non-hydrogen) atoms. The minimum atomic E-state index is -5.00. The van der Waals surface area contributed by atoms with E-state index in [1.54, 1.807) is 0 Å². The summed E-state index contributed by atoms with van der Waals surface area (Å²) in [5.74, 6) is 0. The number of aliphatic hydroxyl groups is 1. The Hall–Kier alpha value is -0.290. The van der Waals surface area contributed by atoms with Crippen LogP contribution in [-0.4, -0.2) is 38.4 Å². The number of hydrogen-bond acceptors (Lipinski definition) is 7. The van der Waals surface area contributed by atoms with Crippen LogP contribution in [0.15, 0.2) is 15.8 Å². The summed E-state index contributed by atoms with van der Waals surface area (Å²) in [5, 5.41) is 9.14. The van der Waals surface area contributed by atoms with E-state index in [9.17, 15) is 19.0 Å². The first-order chi connectivity index (χ1) is 9.71. The van der Waals surface area contributed by atoms with Gasteiger partial charge in [0.2, 0.25) is 0 Å². The first-order valence-corrected chi connectivity index (χ1v) is 7.51. The number of hydrogen-bond donors (Lipinski definition) is 3. The number of phosphoric ester groups is 1. The normalized spacial score (nSPS) is 27.2. The summed E-state index contributed by atoms with van der Waals surface area (Å²) in [6.07, 6.45) is -1.92. The van der Waals surface area contributed by atoms with Crippen molar-refractivity contribution >= 4 is 7.82 Å². The molecule has 0 radical (unpaired) electrons. The summed E-state index contributed by atoms with van der Waals surface area (Å²) in [6.45, 7) is 0.930. The molecule has 12 heteroatoms. The van der Waals surface area contributed by atoms with Gasteiger partial charge in [-0.3, -0.25) is 18.9 Å². The molecule has 0 amide bonds. The van der Waals surface area contributed by atoms with Gasteiger partial charge in [0.05, 0.1) is 12.7 Å². The molecule has 118 valence electrons. The molecular weight excluding hydrogens is 330 g/mol. The summed E-state index contributed by atoms with van der Waals surface area (Å²) in [5.41, 5.74) is -1.01. The van der Waals surface area contributed by atoms with Crippen molar-refractivity contribution in [2.24, 2.45) is 0 Å². The van der Waals surface area contributed by atoms with Gasteiger partial charge in [-0.05, 0) is 6.92 Å². The molecule has 1 aromatic heterocycles. The second-order valence-electron chi connectivity index (χ2n) is 4.64. The van der Waals surface area contributed by atoms with Gasteiger partial charge in [0, 0.05) is 18.2 Å². The number of aromatic nitrogens is 2. The largest absolute Gasteiger partial charge is 1.00 e. The van der Waals surface area contributed by atoms with Crippen LogP contribution in [0.3, 0.4) is 0 Å². The zero-order valence-electron chi connectivity index (χ0n) is 12.0. The van der Waals surface area contributed by atoms with Crippen molar-refractivity contribution in [1.82, 2.24) is 9.55 Å². The summed E-state index contributed by atoms with van der Waals surface area (Å²) in [7, 11) is -5.00. The van der Waals surface area contributed by atoms with Crippen molar-refractivity contribution in [2.45, 2.75) is 31.8 Å². The standard InChI is InChI=1S/C10H15N2O8P.Na/c1-5-3-12(10(15)11-9(5)14)8-2-6(7(4-13)19-8)20-21(16,17)18;/h3,6-8,13H,2,4H2,1H3,(H,11,14,15)(H2,16,17,18);/q;+1/p-1. The van der Waals surface area contributed by atoms with Crippen LogP contribution in [0.4, 0.5) is 0 Å². The van der Waals surface area contributed by atoms with E-state index in [1.165, 1.54) is 13.1 Å². The molecule has 0 aromatic carbocycles. The van der Waals surface area contributed by atoms with E-state index in [4.69, 9.17) is 14.7 Å². The molecule has 1 fully saturated rings. The number of nitrogens with zero attached hydrogens (tertiary/aromatic N) is 1. The number of phosphoric acid groups is 1. The molecule has 0 spiro atoms. The average molecular weight is 344 g/mol. The average Bonchev–Trinajstić information content (AvgIpc) is 2.74. The van der Waals surface area contributed by atoms with Gasteiger partial charge >= 0.3 is 35.2 Å². The SMILES string of the molecule is Cc1cn(C2CC(OP(=O)([O-])O)C(CO)O2)c(=O)[nH]c1=O.[Na+]. The van der Waals surface area contributed by atoms with Crippen LogP contribution >= 0.6 is 7.82 Å². The van der Waals surface area contributed by atoms with Gasteiger partial charge in [0.15, 0.2) is 0 Å². The van der Waals surface area contributed by atoms with Crippen LogP contribution < -0.4 is 45.7 Å². The Morgan fingerprint density at radius 1 is 1.59 bits per heavy atom. The summed E-state index contributed by atoms with van der Waals surface area (Å²) >= 11 is 0. The fourth-order valence-electron chi connectivity index (χ4n) is 2.12. The zero-order chi connectivity index (χ0) is 15.8. The van der Waals surface area contributed by atoms with E-state index in [1.807, 2.05) is 0 Å². The Morgan fingerprint density at radius 3 is 2.77 bits per heavy atom. The predicted molar refractivity (Wildman–Crippen MR) is 66.4 cm³/mol. The Morgan fingerprint density at radius 2 is 2.23 bits per heavy atom. The van der Waals surface area contributed by atoms with Crippen molar-refractivity contribution in [3.05, 3.63) is 32.6 Å². The Bertz CT molecular complexity index is 682. The first kappa shape index (κ1) is 19.8. The topological polar surface area (TPSA) is 154 Å². The molecule has 10 nitrogen and oxygen atoms in total. The van der Waals surface area contributed by atoms with Gasteiger partial charge in [-0.25, -0.2) is 4.79 Å². The Balaban J connectivity index is 0.00000242. The molecule has 0 aliphatic carbocycles. The monoisotopic (exact) mass is 344 g/mol. The van der Waals surface area contributed by atoms with Gasteiger partial charge < -0.3 is 24.2 Å². The van der Waals surface area contributed by atoms with Crippen LogP contribution in [0.2, 0.25) is 0 Å². The number of ether oxygens (including phenoxy) is 1. The van der Waals surface area contributed by atoms with E-state index in [0.29, 0.717) is 0 Å². The molecule has 1 saturated heterocycles. The smallest absolute Gasteiger partial charge is 0.756 e. The van der Waals surface area contributed by atoms with Crippen LogP contribution in [0.1, 0.15) is 18.2 Å². The van der Waals surface area contributed by atoms with Gasteiger partial charge in [0.1, 0.15) is 12.3 Å². The molecule has 3 N–H and O–H groups in total. The minimum Gasteiger partial charge on any atom is -0.756 e.